The second-order valence-corrected chi connectivity index (χ2v) is 4.36. The standard InChI is InChI=1S/C15H15N3O3/c19-14(20)13(12-4-2-1-3-5-12)18-15(21)17-10-11-6-8-16-9-7-11/h1-9,13H,10H2,(H,19,20)(H2,17,18,21)/t13-/m1/s1. The van der Waals surface area contributed by atoms with Gasteiger partial charge in [-0.05, 0) is 23.3 Å². The molecule has 1 heterocycles. The molecule has 0 saturated carbocycles. The van der Waals surface area contributed by atoms with E-state index in [1.165, 1.54) is 0 Å². The van der Waals surface area contributed by atoms with Crippen LogP contribution in [0, 0.1) is 0 Å². The van der Waals surface area contributed by atoms with E-state index in [2.05, 4.69) is 15.6 Å². The highest BCUT2D eigenvalue weighted by Gasteiger charge is 2.21. The van der Waals surface area contributed by atoms with Crippen molar-refractivity contribution in [2.24, 2.45) is 0 Å². The first kappa shape index (κ1) is 14.5. The number of nitrogens with one attached hydrogen (secondary N) is 2. The molecule has 3 N–H and O–H groups in total. The van der Waals surface area contributed by atoms with Gasteiger partial charge in [-0.25, -0.2) is 9.59 Å². The van der Waals surface area contributed by atoms with Crippen LogP contribution in [0.1, 0.15) is 17.2 Å². The van der Waals surface area contributed by atoms with E-state index in [0.29, 0.717) is 12.1 Å². The van der Waals surface area contributed by atoms with Crippen molar-refractivity contribution in [1.82, 2.24) is 15.6 Å². The zero-order valence-electron chi connectivity index (χ0n) is 11.2. The van der Waals surface area contributed by atoms with Crippen molar-refractivity contribution in [3.63, 3.8) is 0 Å². The SMILES string of the molecule is O=C(NCc1ccncc1)N[C@@H](C(=O)O)c1ccccc1. The first-order valence-electron chi connectivity index (χ1n) is 6.38. The van der Waals surface area contributed by atoms with Gasteiger partial charge in [-0.15, -0.1) is 0 Å². The zero-order chi connectivity index (χ0) is 15.1. The van der Waals surface area contributed by atoms with Gasteiger partial charge in [0, 0.05) is 18.9 Å². The van der Waals surface area contributed by atoms with E-state index in [4.69, 9.17) is 0 Å². The lowest BCUT2D eigenvalue weighted by Crippen LogP contribution is -2.40. The number of carbonyl (C=O) groups is 2. The number of pyridine rings is 1. The number of carboxylic acid groups (broad SMARTS) is 1. The Morgan fingerprint density at radius 1 is 1.10 bits per heavy atom. The Kier molecular flexibility index (Phi) is 4.87. The summed E-state index contributed by atoms with van der Waals surface area (Å²) in [4.78, 5) is 26.9. The number of nitrogens with zero attached hydrogens (tertiary/aromatic N) is 1. The molecule has 2 aromatic rings. The molecule has 1 atom stereocenters. The van der Waals surface area contributed by atoms with Gasteiger partial charge in [0.05, 0.1) is 0 Å². The quantitative estimate of drug-likeness (QED) is 0.780. The minimum Gasteiger partial charge on any atom is -0.479 e. The molecule has 0 spiro atoms. The molecule has 0 aliphatic carbocycles. The first-order chi connectivity index (χ1) is 10.2. The minimum absolute atomic E-state index is 0.301. The van der Waals surface area contributed by atoms with Crippen LogP contribution < -0.4 is 10.6 Å². The summed E-state index contributed by atoms with van der Waals surface area (Å²) in [6.07, 6.45) is 3.25. The number of carboxylic acids is 1. The van der Waals surface area contributed by atoms with E-state index in [0.717, 1.165) is 5.56 Å². The lowest BCUT2D eigenvalue weighted by molar-refractivity contribution is -0.139. The number of benzene rings is 1. The normalized spacial score (nSPS) is 11.4. The number of carbonyl (C=O) groups excluding carboxylic acids is 1. The molecule has 0 bridgehead atoms. The molecule has 6 nitrogen and oxygen atoms in total. The number of urea groups is 1. The summed E-state index contributed by atoms with van der Waals surface area (Å²) in [6.45, 7) is 0.301. The van der Waals surface area contributed by atoms with E-state index in [9.17, 15) is 14.7 Å². The van der Waals surface area contributed by atoms with Crippen LogP contribution in [0.4, 0.5) is 4.79 Å². The third kappa shape index (κ3) is 4.31. The lowest BCUT2D eigenvalue weighted by atomic mass is 10.1. The van der Waals surface area contributed by atoms with Crippen LogP contribution in [0.5, 0.6) is 0 Å². The minimum atomic E-state index is -1.11. The van der Waals surface area contributed by atoms with Crippen molar-refractivity contribution in [3.05, 3.63) is 66.0 Å². The Balaban J connectivity index is 1.95. The second kappa shape index (κ2) is 7.04. The van der Waals surface area contributed by atoms with Crippen LogP contribution in [-0.4, -0.2) is 22.1 Å². The highest BCUT2D eigenvalue weighted by Crippen LogP contribution is 2.12. The summed E-state index contributed by atoms with van der Waals surface area (Å²) < 4.78 is 0. The Morgan fingerprint density at radius 2 is 1.76 bits per heavy atom. The molecule has 0 radical (unpaired) electrons. The molecule has 21 heavy (non-hydrogen) atoms. The molecule has 1 aromatic carbocycles. The third-order valence-corrected chi connectivity index (χ3v) is 2.86. The summed E-state index contributed by atoms with van der Waals surface area (Å²) >= 11 is 0. The van der Waals surface area contributed by atoms with Crippen molar-refractivity contribution in [3.8, 4) is 0 Å². The average molecular weight is 285 g/mol. The van der Waals surface area contributed by atoms with E-state index in [1.807, 2.05) is 0 Å². The van der Waals surface area contributed by atoms with Gasteiger partial charge in [0.15, 0.2) is 6.04 Å². The van der Waals surface area contributed by atoms with E-state index < -0.39 is 18.0 Å². The summed E-state index contributed by atoms with van der Waals surface area (Å²) in [5.41, 5.74) is 1.40. The molecule has 2 rings (SSSR count). The smallest absolute Gasteiger partial charge is 0.330 e. The molecule has 0 fully saturated rings. The van der Waals surface area contributed by atoms with E-state index in [-0.39, 0.29) is 0 Å². The molecule has 0 saturated heterocycles. The van der Waals surface area contributed by atoms with Crippen molar-refractivity contribution in [2.75, 3.05) is 0 Å². The Labute approximate surface area is 121 Å². The number of hydrogen-bond donors (Lipinski definition) is 3. The number of rotatable bonds is 5. The van der Waals surface area contributed by atoms with Crippen molar-refractivity contribution >= 4 is 12.0 Å². The van der Waals surface area contributed by atoms with E-state index in [1.54, 1.807) is 54.9 Å². The largest absolute Gasteiger partial charge is 0.479 e. The predicted octanol–water partition coefficient (Wildman–Crippen LogP) is 1.71. The molecule has 0 unspecified atom stereocenters. The van der Waals surface area contributed by atoms with Gasteiger partial charge < -0.3 is 15.7 Å². The van der Waals surface area contributed by atoms with Crippen molar-refractivity contribution in [1.29, 1.82) is 0 Å². The highest BCUT2D eigenvalue weighted by molar-refractivity contribution is 5.83. The fourth-order valence-electron chi connectivity index (χ4n) is 1.80. The van der Waals surface area contributed by atoms with Crippen LogP contribution in [0.2, 0.25) is 0 Å². The fraction of sp³-hybridized carbons (Fsp3) is 0.133. The highest BCUT2D eigenvalue weighted by atomic mass is 16.4. The molecule has 2 amide bonds. The molecule has 0 aliphatic heterocycles. The van der Waals surface area contributed by atoms with Crippen LogP contribution in [0.15, 0.2) is 54.9 Å². The first-order valence-corrected chi connectivity index (χ1v) is 6.38. The second-order valence-electron chi connectivity index (χ2n) is 4.36. The topological polar surface area (TPSA) is 91.3 Å². The van der Waals surface area contributed by atoms with E-state index >= 15 is 0 Å². The third-order valence-electron chi connectivity index (χ3n) is 2.86. The summed E-state index contributed by atoms with van der Waals surface area (Å²) in [5.74, 6) is -1.11. The van der Waals surface area contributed by atoms with Gasteiger partial charge in [0.1, 0.15) is 0 Å². The molecular weight excluding hydrogens is 270 g/mol. The fourth-order valence-corrected chi connectivity index (χ4v) is 1.80. The molecule has 6 heteroatoms. The van der Waals surface area contributed by atoms with Gasteiger partial charge in [-0.1, -0.05) is 30.3 Å². The lowest BCUT2D eigenvalue weighted by Gasteiger charge is -2.15. The van der Waals surface area contributed by atoms with Gasteiger partial charge in [0.2, 0.25) is 0 Å². The summed E-state index contributed by atoms with van der Waals surface area (Å²) in [5, 5.41) is 14.3. The zero-order valence-corrected chi connectivity index (χ0v) is 11.2. The number of hydrogen-bond acceptors (Lipinski definition) is 3. The van der Waals surface area contributed by atoms with Crippen LogP contribution >= 0.6 is 0 Å². The Morgan fingerprint density at radius 3 is 2.38 bits per heavy atom. The monoisotopic (exact) mass is 285 g/mol. The van der Waals surface area contributed by atoms with Crippen LogP contribution in [-0.2, 0) is 11.3 Å². The van der Waals surface area contributed by atoms with Crippen LogP contribution in [0.3, 0.4) is 0 Å². The van der Waals surface area contributed by atoms with Gasteiger partial charge in [-0.2, -0.15) is 0 Å². The maximum Gasteiger partial charge on any atom is 0.330 e. The van der Waals surface area contributed by atoms with Gasteiger partial charge in [-0.3, -0.25) is 4.98 Å². The maximum absolute atomic E-state index is 11.8. The number of aliphatic carboxylic acids is 1. The Bertz CT molecular complexity index is 602. The summed E-state index contributed by atoms with van der Waals surface area (Å²) in [7, 11) is 0. The average Bonchev–Trinajstić information content (AvgIpc) is 2.52. The van der Waals surface area contributed by atoms with Crippen molar-refractivity contribution in [2.45, 2.75) is 12.6 Å². The predicted molar refractivity (Wildman–Crippen MR) is 76.4 cm³/mol. The number of aromatic nitrogens is 1. The van der Waals surface area contributed by atoms with Crippen molar-refractivity contribution < 1.29 is 14.7 Å². The maximum atomic E-state index is 11.8. The van der Waals surface area contributed by atoms with Crippen LogP contribution in [0.25, 0.3) is 0 Å². The Hall–Kier alpha value is -2.89. The van der Waals surface area contributed by atoms with Gasteiger partial charge >= 0.3 is 12.0 Å². The molecular formula is C15H15N3O3. The summed E-state index contributed by atoms with van der Waals surface area (Å²) in [6, 6.07) is 10.5. The molecule has 0 aliphatic rings. The van der Waals surface area contributed by atoms with Gasteiger partial charge in [0.25, 0.3) is 0 Å². The number of amides is 2. The molecule has 108 valence electrons. The molecule has 1 aromatic heterocycles.